The van der Waals surface area contributed by atoms with Gasteiger partial charge >= 0.3 is 0 Å². The van der Waals surface area contributed by atoms with Crippen LogP contribution in [-0.2, 0) is 0 Å². The van der Waals surface area contributed by atoms with Gasteiger partial charge in [-0.25, -0.2) is 0 Å². The predicted octanol–water partition coefficient (Wildman–Crippen LogP) is 3.28. The van der Waals surface area contributed by atoms with E-state index in [1.807, 2.05) is 0 Å². The van der Waals surface area contributed by atoms with Crippen LogP contribution in [0.2, 0.25) is 0 Å². The Bertz CT molecular complexity index is 268. The Morgan fingerprint density at radius 3 is 2.57 bits per heavy atom. The first-order chi connectivity index (χ1) is 10.0. The molecule has 2 unspecified atom stereocenters. The minimum atomic E-state index is 0.285. The molecule has 1 fully saturated rings. The highest BCUT2D eigenvalue weighted by Crippen LogP contribution is 2.39. The molecule has 0 aromatic carbocycles. The van der Waals surface area contributed by atoms with Crippen molar-refractivity contribution in [2.75, 3.05) is 32.8 Å². The molecule has 126 valence electrons. The van der Waals surface area contributed by atoms with Gasteiger partial charge < -0.3 is 15.3 Å². The fourth-order valence-electron chi connectivity index (χ4n) is 3.87. The summed E-state index contributed by atoms with van der Waals surface area (Å²) in [7, 11) is 0. The molecule has 0 aromatic heterocycles. The molecule has 2 N–H and O–H groups in total. The molecule has 0 aromatic rings. The summed E-state index contributed by atoms with van der Waals surface area (Å²) in [6.07, 6.45) is 7.69. The maximum absolute atomic E-state index is 9.32. The minimum Gasteiger partial charge on any atom is -0.395 e. The molecule has 1 rings (SSSR count). The molecular formula is C18H38N2O. The van der Waals surface area contributed by atoms with Gasteiger partial charge in [0.2, 0.25) is 0 Å². The van der Waals surface area contributed by atoms with Crippen molar-refractivity contribution in [2.45, 2.75) is 72.3 Å². The van der Waals surface area contributed by atoms with E-state index in [2.05, 4.69) is 37.9 Å². The van der Waals surface area contributed by atoms with Crippen LogP contribution in [0.5, 0.6) is 0 Å². The summed E-state index contributed by atoms with van der Waals surface area (Å²) in [5, 5.41) is 13.1. The summed E-state index contributed by atoms with van der Waals surface area (Å²) in [4.78, 5) is 2.48. The van der Waals surface area contributed by atoms with E-state index in [1.54, 1.807) is 0 Å². The quantitative estimate of drug-likeness (QED) is 0.650. The minimum absolute atomic E-state index is 0.285. The maximum Gasteiger partial charge on any atom is 0.0558 e. The predicted molar refractivity (Wildman–Crippen MR) is 91.6 cm³/mol. The van der Waals surface area contributed by atoms with Gasteiger partial charge in [0, 0.05) is 19.1 Å². The largest absolute Gasteiger partial charge is 0.395 e. The Morgan fingerprint density at radius 2 is 1.95 bits per heavy atom. The maximum atomic E-state index is 9.32. The van der Waals surface area contributed by atoms with Crippen LogP contribution in [-0.4, -0.2) is 48.8 Å². The number of rotatable bonds is 10. The van der Waals surface area contributed by atoms with Crippen molar-refractivity contribution in [3.05, 3.63) is 0 Å². The molecule has 0 bridgehead atoms. The summed E-state index contributed by atoms with van der Waals surface area (Å²) in [6, 6.07) is 0.619. The van der Waals surface area contributed by atoms with Crippen LogP contribution >= 0.6 is 0 Å². The Labute approximate surface area is 132 Å². The second kappa shape index (κ2) is 9.81. The number of hydrogen-bond acceptors (Lipinski definition) is 3. The zero-order valence-corrected chi connectivity index (χ0v) is 14.8. The average molecular weight is 299 g/mol. The first-order valence-corrected chi connectivity index (χ1v) is 9.11. The molecule has 0 radical (unpaired) electrons. The van der Waals surface area contributed by atoms with Gasteiger partial charge in [-0.3, -0.25) is 0 Å². The van der Waals surface area contributed by atoms with Crippen molar-refractivity contribution in [1.82, 2.24) is 10.2 Å². The summed E-state index contributed by atoms with van der Waals surface area (Å²) >= 11 is 0. The monoisotopic (exact) mass is 298 g/mol. The van der Waals surface area contributed by atoms with Crippen LogP contribution in [0.1, 0.15) is 66.2 Å². The fraction of sp³-hybridized carbons (Fsp3) is 1.00. The van der Waals surface area contributed by atoms with Gasteiger partial charge in [-0.1, -0.05) is 40.5 Å². The lowest BCUT2D eigenvalue weighted by Gasteiger charge is -2.46. The summed E-state index contributed by atoms with van der Waals surface area (Å²) < 4.78 is 0. The van der Waals surface area contributed by atoms with Crippen LogP contribution in [0.3, 0.4) is 0 Å². The van der Waals surface area contributed by atoms with E-state index in [0.717, 1.165) is 32.1 Å². The van der Waals surface area contributed by atoms with Crippen LogP contribution in [0, 0.1) is 11.3 Å². The van der Waals surface area contributed by atoms with E-state index in [4.69, 9.17) is 0 Å². The van der Waals surface area contributed by atoms with Crippen molar-refractivity contribution >= 4 is 0 Å². The molecule has 0 heterocycles. The fourth-order valence-corrected chi connectivity index (χ4v) is 3.87. The Morgan fingerprint density at radius 1 is 1.19 bits per heavy atom. The van der Waals surface area contributed by atoms with E-state index in [9.17, 15) is 5.11 Å². The molecule has 1 saturated carbocycles. The van der Waals surface area contributed by atoms with Crippen LogP contribution in [0.25, 0.3) is 0 Å². The SMILES string of the molecule is CCCCN(CCO)CC1CCCC(C)(C)C1NCCC. The Balaban J connectivity index is 2.65. The highest BCUT2D eigenvalue weighted by Gasteiger charge is 2.38. The van der Waals surface area contributed by atoms with E-state index < -0.39 is 0 Å². The van der Waals surface area contributed by atoms with Crippen molar-refractivity contribution in [3.8, 4) is 0 Å². The van der Waals surface area contributed by atoms with Gasteiger partial charge in [-0.05, 0) is 50.1 Å². The van der Waals surface area contributed by atoms with E-state index in [-0.39, 0.29) is 6.61 Å². The molecule has 0 spiro atoms. The summed E-state index contributed by atoms with van der Waals surface area (Å²) in [5.74, 6) is 0.726. The van der Waals surface area contributed by atoms with Gasteiger partial charge in [0.15, 0.2) is 0 Å². The zero-order chi connectivity index (χ0) is 15.7. The van der Waals surface area contributed by atoms with Gasteiger partial charge in [-0.15, -0.1) is 0 Å². The number of nitrogens with one attached hydrogen (secondary N) is 1. The van der Waals surface area contributed by atoms with Crippen molar-refractivity contribution in [1.29, 1.82) is 0 Å². The second-order valence-corrected chi connectivity index (χ2v) is 7.45. The molecule has 0 aliphatic heterocycles. The van der Waals surface area contributed by atoms with Crippen LogP contribution in [0.4, 0.5) is 0 Å². The molecule has 3 nitrogen and oxygen atoms in total. The van der Waals surface area contributed by atoms with Crippen LogP contribution in [0.15, 0.2) is 0 Å². The third kappa shape index (κ3) is 6.25. The highest BCUT2D eigenvalue weighted by atomic mass is 16.3. The number of aliphatic hydroxyl groups is 1. The van der Waals surface area contributed by atoms with E-state index >= 15 is 0 Å². The third-order valence-electron chi connectivity index (χ3n) is 5.06. The highest BCUT2D eigenvalue weighted by molar-refractivity contribution is 4.94. The lowest BCUT2D eigenvalue weighted by Crippen LogP contribution is -2.53. The smallest absolute Gasteiger partial charge is 0.0558 e. The Kier molecular flexibility index (Phi) is 8.84. The lowest BCUT2D eigenvalue weighted by molar-refractivity contribution is 0.0723. The average Bonchev–Trinajstić information content (AvgIpc) is 2.43. The van der Waals surface area contributed by atoms with Gasteiger partial charge in [0.25, 0.3) is 0 Å². The molecule has 0 amide bonds. The number of nitrogens with zero attached hydrogens (tertiary/aromatic N) is 1. The number of aliphatic hydroxyl groups excluding tert-OH is 1. The topological polar surface area (TPSA) is 35.5 Å². The van der Waals surface area contributed by atoms with Gasteiger partial charge in [-0.2, -0.15) is 0 Å². The molecule has 0 saturated heterocycles. The first kappa shape index (κ1) is 18.9. The van der Waals surface area contributed by atoms with Crippen molar-refractivity contribution in [3.63, 3.8) is 0 Å². The normalized spacial score (nSPS) is 25.4. The second-order valence-electron chi connectivity index (χ2n) is 7.45. The van der Waals surface area contributed by atoms with Gasteiger partial charge in [0.05, 0.1) is 6.61 Å². The standard InChI is InChI=1S/C18H38N2O/c1-5-7-12-20(13-14-21)15-16-9-8-10-18(3,4)17(16)19-11-6-2/h16-17,19,21H,5-15H2,1-4H3. The molecule has 1 aliphatic carbocycles. The molecule has 2 atom stereocenters. The lowest BCUT2D eigenvalue weighted by atomic mass is 9.67. The number of unbranched alkanes of at least 4 members (excludes halogenated alkanes) is 1. The first-order valence-electron chi connectivity index (χ1n) is 9.11. The van der Waals surface area contributed by atoms with Gasteiger partial charge in [0.1, 0.15) is 0 Å². The summed E-state index contributed by atoms with van der Waals surface area (Å²) in [5.41, 5.74) is 0.397. The van der Waals surface area contributed by atoms with Crippen LogP contribution < -0.4 is 5.32 Å². The van der Waals surface area contributed by atoms with Crippen molar-refractivity contribution in [2.24, 2.45) is 11.3 Å². The Hall–Kier alpha value is -0.120. The molecule has 1 aliphatic rings. The van der Waals surface area contributed by atoms with E-state index in [0.29, 0.717) is 11.5 Å². The molecule has 21 heavy (non-hydrogen) atoms. The third-order valence-corrected chi connectivity index (χ3v) is 5.06. The zero-order valence-electron chi connectivity index (χ0n) is 14.8. The number of hydrogen-bond donors (Lipinski definition) is 2. The molecular weight excluding hydrogens is 260 g/mol. The molecule has 3 heteroatoms. The summed E-state index contributed by atoms with van der Waals surface area (Å²) in [6.45, 7) is 13.9. The van der Waals surface area contributed by atoms with Crippen molar-refractivity contribution < 1.29 is 5.11 Å². The van der Waals surface area contributed by atoms with E-state index in [1.165, 1.54) is 38.5 Å².